The van der Waals surface area contributed by atoms with Crippen LogP contribution < -0.4 is 5.32 Å². The molecule has 2 nitrogen and oxygen atoms in total. The number of hydrogen-bond donors (Lipinski definition) is 1. The van der Waals surface area contributed by atoms with Gasteiger partial charge >= 0.3 is 0 Å². The quantitative estimate of drug-likeness (QED) is 0.642. The van der Waals surface area contributed by atoms with E-state index < -0.39 is 0 Å². The molecule has 0 radical (unpaired) electrons. The van der Waals surface area contributed by atoms with Crippen LogP contribution in [0, 0.1) is 0 Å². The van der Waals surface area contributed by atoms with E-state index in [1.54, 1.807) is 0 Å². The van der Waals surface area contributed by atoms with Gasteiger partial charge in [-0.15, -0.1) is 0 Å². The van der Waals surface area contributed by atoms with Crippen LogP contribution >= 0.6 is 0 Å². The molecule has 19 heavy (non-hydrogen) atoms. The standard InChI is InChI=1S/C17H29NO/c1-4-6-13-19-14-7-12-18-15(3)17-10-8-16(5-2)9-11-17/h8-11,15,18H,4-7,12-14H2,1-3H3. The SMILES string of the molecule is CCCCOCCCNC(C)c1ccc(CC)cc1. The number of rotatable bonds is 10. The molecule has 0 fully saturated rings. The summed E-state index contributed by atoms with van der Waals surface area (Å²) in [5.74, 6) is 0. The molecule has 1 atom stereocenters. The zero-order valence-corrected chi connectivity index (χ0v) is 12.7. The first-order valence-corrected chi connectivity index (χ1v) is 7.67. The molecule has 2 heteroatoms. The number of hydrogen-bond acceptors (Lipinski definition) is 2. The van der Waals surface area contributed by atoms with Gasteiger partial charge in [-0.3, -0.25) is 0 Å². The van der Waals surface area contributed by atoms with Gasteiger partial charge in [-0.2, -0.15) is 0 Å². The Bertz CT molecular complexity index is 321. The van der Waals surface area contributed by atoms with Crippen LogP contribution in [-0.2, 0) is 11.2 Å². The first-order valence-electron chi connectivity index (χ1n) is 7.67. The van der Waals surface area contributed by atoms with E-state index in [2.05, 4.69) is 50.4 Å². The third kappa shape index (κ3) is 6.74. The molecule has 0 aliphatic heterocycles. The zero-order chi connectivity index (χ0) is 13.9. The van der Waals surface area contributed by atoms with Gasteiger partial charge in [0, 0.05) is 19.3 Å². The second-order valence-electron chi connectivity index (χ2n) is 5.09. The van der Waals surface area contributed by atoms with Crippen LogP contribution in [0.2, 0.25) is 0 Å². The van der Waals surface area contributed by atoms with Crippen molar-refractivity contribution in [1.82, 2.24) is 5.32 Å². The fourth-order valence-corrected chi connectivity index (χ4v) is 2.00. The normalized spacial score (nSPS) is 12.6. The van der Waals surface area contributed by atoms with Crippen LogP contribution in [0.25, 0.3) is 0 Å². The Balaban J connectivity index is 2.14. The van der Waals surface area contributed by atoms with E-state index >= 15 is 0 Å². The lowest BCUT2D eigenvalue weighted by molar-refractivity contribution is 0.128. The number of aryl methyl sites for hydroxylation is 1. The van der Waals surface area contributed by atoms with Gasteiger partial charge < -0.3 is 10.1 Å². The first kappa shape index (κ1) is 16.2. The molecule has 1 aromatic carbocycles. The average Bonchev–Trinajstić information content (AvgIpc) is 2.46. The predicted octanol–water partition coefficient (Wildman–Crippen LogP) is 4.11. The highest BCUT2D eigenvalue weighted by molar-refractivity contribution is 5.24. The Morgan fingerprint density at radius 3 is 2.37 bits per heavy atom. The van der Waals surface area contributed by atoms with Gasteiger partial charge in [0.1, 0.15) is 0 Å². The van der Waals surface area contributed by atoms with Crippen molar-refractivity contribution in [2.75, 3.05) is 19.8 Å². The van der Waals surface area contributed by atoms with Crippen molar-refractivity contribution in [3.05, 3.63) is 35.4 Å². The summed E-state index contributed by atoms with van der Waals surface area (Å²) < 4.78 is 5.55. The number of unbranched alkanes of at least 4 members (excludes halogenated alkanes) is 1. The van der Waals surface area contributed by atoms with Gasteiger partial charge in [-0.05, 0) is 43.9 Å². The van der Waals surface area contributed by atoms with Crippen molar-refractivity contribution >= 4 is 0 Å². The Kier molecular flexibility index (Phi) is 8.52. The monoisotopic (exact) mass is 263 g/mol. The lowest BCUT2D eigenvalue weighted by Crippen LogP contribution is -2.21. The molecular weight excluding hydrogens is 234 g/mol. The molecule has 108 valence electrons. The minimum atomic E-state index is 0.418. The maximum absolute atomic E-state index is 5.55. The average molecular weight is 263 g/mol. The fourth-order valence-electron chi connectivity index (χ4n) is 2.00. The summed E-state index contributed by atoms with van der Waals surface area (Å²) in [6.07, 6.45) is 4.58. The highest BCUT2D eigenvalue weighted by atomic mass is 16.5. The lowest BCUT2D eigenvalue weighted by Gasteiger charge is -2.14. The van der Waals surface area contributed by atoms with E-state index in [-0.39, 0.29) is 0 Å². The second-order valence-corrected chi connectivity index (χ2v) is 5.09. The molecule has 1 aromatic rings. The summed E-state index contributed by atoms with van der Waals surface area (Å²) in [7, 11) is 0. The number of benzene rings is 1. The van der Waals surface area contributed by atoms with Crippen molar-refractivity contribution in [2.45, 2.75) is 52.5 Å². The van der Waals surface area contributed by atoms with Crippen LogP contribution in [0.3, 0.4) is 0 Å². The Morgan fingerprint density at radius 1 is 1.05 bits per heavy atom. The van der Waals surface area contributed by atoms with E-state index in [9.17, 15) is 0 Å². The van der Waals surface area contributed by atoms with Crippen LogP contribution in [0.15, 0.2) is 24.3 Å². The topological polar surface area (TPSA) is 21.3 Å². The van der Waals surface area contributed by atoms with Gasteiger partial charge in [-0.1, -0.05) is 44.5 Å². The van der Waals surface area contributed by atoms with Crippen molar-refractivity contribution in [1.29, 1.82) is 0 Å². The highest BCUT2D eigenvalue weighted by Crippen LogP contribution is 2.13. The van der Waals surface area contributed by atoms with E-state index in [1.807, 2.05) is 0 Å². The van der Waals surface area contributed by atoms with E-state index in [0.717, 1.165) is 32.6 Å². The molecule has 0 aliphatic carbocycles. The van der Waals surface area contributed by atoms with Crippen LogP contribution in [0.4, 0.5) is 0 Å². The van der Waals surface area contributed by atoms with Crippen molar-refractivity contribution in [2.24, 2.45) is 0 Å². The first-order chi connectivity index (χ1) is 9.27. The van der Waals surface area contributed by atoms with Crippen LogP contribution in [0.1, 0.15) is 57.2 Å². The van der Waals surface area contributed by atoms with Crippen molar-refractivity contribution in [3.8, 4) is 0 Å². The highest BCUT2D eigenvalue weighted by Gasteiger charge is 2.03. The summed E-state index contributed by atoms with van der Waals surface area (Å²) in [5, 5.41) is 3.55. The maximum Gasteiger partial charge on any atom is 0.0478 e. The maximum atomic E-state index is 5.55. The molecule has 1 N–H and O–H groups in total. The van der Waals surface area contributed by atoms with Crippen molar-refractivity contribution < 1.29 is 4.74 Å². The minimum Gasteiger partial charge on any atom is -0.381 e. The Hall–Kier alpha value is -0.860. The molecule has 0 heterocycles. The summed E-state index contributed by atoms with van der Waals surface area (Å²) in [4.78, 5) is 0. The minimum absolute atomic E-state index is 0.418. The summed E-state index contributed by atoms with van der Waals surface area (Å²) in [6.45, 7) is 9.40. The Labute approximate surface area is 118 Å². The predicted molar refractivity (Wildman–Crippen MR) is 82.6 cm³/mol. The molecule has 0 aromatic heterocycles. The van der Waals surface area contributed by atoms with Gasteiger partial charge in [0.15, 0.2) is 0 Å². The zero-order valence-electron chi connectivity index (χ0n) is 12.7. The molecule has 0 amide bonds. The van der Waals surface area contributed by atoms with E-state index in [4.69, 9.17) is 4.74 Å². The van der Waals surface area contributed by atoms with E-state index in [1.165, 1.54) is 24.0 Å². The smallest absolute Gasteiger partial charge is 0.0478 e. The van der Waals surface area contributed by atoms with Gasteiger partial charge in [-0.25, -0.2) is 0 Å². The van der Waals surface area contributed by atoms with Gasteiger partial charge in [0.2, 0.25) is 0 Å². The van der Waals surface area contributed by atoms with E-state index in [0.29, 0.717) is 6.04 Å². The van der Waals surface area contributed by atoms with Crippen LogP contribution in [0.5, 0.6) is 0 Å². The molecule has 0 spiro atoms. The van der Waals surface area contributed by atoms with Gasteiger partial charge in [0.25, 0.3) is 0 Å². The van der Waals surface area contributed by atoms with Crippen LogP contribution in [-0.4, -0.2) is 19.8 Å². The third-order valence-electron chi connectivity index (χ3n) is 3.45. The van der Waals surface area contributed by atoms with Gasteiger partial charge in [0.05, 0.1) is 0 Å². The fraction of sp³-hybridized carbons (Fsp3) is 0.647. The Morgan fingerprint density at radius 2 is 1.74 bits per heavy atom. The summed E-state index contributed by atoms with van der Waals surface area (Å²) in [6, 6.07) is 9.33. The third-order valence-corrected chi connectivity index (χ3v) is 3.45. The molecular formula is C17H29NO. The van der Waals surface area contributed by atoms with Crippen molar-refractivity contribution in [3.63, 3.8) is 0 Å². The molecule has 1 unspecified atom stereocenters. The number of nitrogens with one attached hydrogen (secondary N) is 1. The number of ether oxygens (including phenoxy) is 1. The molecule has 1 rings (SSSR count). The lowest BCUT2D eigenvalue weighted by atomic mass is 10.1. The molecule has 0 bridgehead atoms. The summed E-state index contributed by atoms with van der Waals surface area (Å²) >= 11 is 0. The summed E-state index contributed by atoms with van der Waals surface area (Å²) in [5.41, 5.74) is 2.77. The molecule has 0 aliphatic rings. The molecule has 0 saturated heterocycles. The molecule has 0 saturated carbocycles. The second kappa shape index (κ2) is 9.99. The largest absolute Gasteiger partial charge is 0.381 e.